The molecule has 0 fully saturated rings. The van der Waals surface area contributed by atoms with Gasteiger partial charge in [-0.3, -0.25) is 9.59 Å². The van der Waals surface area contributed by atoms with E-state index in [1.165, 1.54) is 34.6 Å². The van der Waals surface area contributed by atoms with Crippen molar-refractivity contribution in [2.75, 3.05) is 11.9 Å². The fourth-order valence-corrected chi connectivity index (χ4v) is 4.78. The predicted octanol–water partition coefficient (Wildman–Crippen LogP) is 3.94. The minimum absolute atomic E-state index is 0.0747. The monoisotopic (exact) mass is 383 g/mol. The molecule has 0 radical (unpaired) electrons. The van der Waals surface area contributed by atoms with Crippen LogP contribution in [-0.2, 0) is 28.8 Å². The van der Waals surface area contributed by atoms with Gasteiger partial charge in [0.15, 0.2) is 12.4 Å². The van der Waals surface area contributed by atoms with Crippen LogP contribution in [0, 0.1) is 0 Å². The molecule has 2 heterocycles. The van der Waals surface area contributed by atoms with Gasteiger partial charge in [-0.05, 0) is 61.1 Å². The average molecular weight is 383 g/mol. The molecule has 0 saturated carbocycles. The minimum atomic E-state index is -0.432. The highest BCUT2D eigenvalue weighted by atomic mass is 32.1. The molecule has 1 aromatic carbocycles. The van der Waals surface area contributed by atoms with Crippen LogP contribution >= 0.6 is 11.3 Å². The van der Waals surface area contributed by atoms with Gasteiger partial charge in [-0.2, -0.15) is 0 Å². The number of hydrogen-bond donors (Lipinski definition) is 1. The number of Topliss-reactive ketones (excluding diaryl/α,β-unsaturated/α-hetero) is 1. The van der Waals surface area contributed by atoms with Crippen LogP contribution in [0.3, 0.4) is 0 Å². The molecule has 1 amide bonds. The van der Waals surface area contributed by atoms with Gasteiger partial charge in [0.05, 0.1) is 6.42 Å². The number of ketones is 1. The first-order chi connectivity index (χ1) is 13.1. The highest BCUT2D eigenvalue weighted by Crippen LogP contribution is 2.29. The van der Waals surface area contributed by atoms with Crippen molar-refractivity contribution in [1.29, 1.82) is 0 Å². The van der Waals surface area contributed by atoms with E-state index in [1.54, 1.807) is 18.2 Å². The Labute approximate surface area is 161 Å². The van der Waals surface area contributed by atoms with Gasteiger partial charge in [-0.25, -0.2) is 4.79 Å². The molecule has 1 aliphatic carbocycles. The van der Waals surface area contributed by atoms with Gasteiger partial charge >= 0.3 is 5.97 Å². The molecule has 1 aromatic heterocycles. The number of carbonyl (C=O) groups is 3. The third-order valence-corrected chi connectivity index (χ3v) is 6.30. The van der Waals surface area contributed by atoms with Crippen LogP contribution < -0.4 is 5.32 Å². The Morgan fingerprint density at radius 2 is 1.85 bits per heavy atom. The lowest BCUT2D eigenvalue weighted by molar-refractivity contribution is -0.115. The molecule has 0 unspecified atom stereocenters. The summed E-state index contributed by atoms with van der Waals surface area (Å²) < 4.78 is 5.26. The highest BCUT2D eigenvalue weighted by molar-refractivity contribution is 7.14. The van der Waals surface area contributed by atoms with Gasteiger partial charge in [0.2, 0.25) is 5.91 Å². The quantitative estimate of drug-likeness (QED) is 0.641. The second-order valence-corrected chi connectivity index (χ2v) is 8.21. The summed E-state index contributed by atoms with van der Waals surface area (Å²) in [5, 5.41) is 2.73. The summed E-state index contributed by atoms with van der Waals surface area (Å²) in [5.74, 6) is -0.771. The van der Waals surface area contributed by atoms with Gasteiger partial charge in [0.25, 0.3) is 0 Å². The topological polar surface area (TPSA) is 72.5 Å². The van der Waals surface area contributed by atoms with Crippen LogP contribution in [0.25, 0.3) is 0 Å². The molecule has 140 valence electrons. The number of thiophene rings is 1. The third-order valence-electron chi connectivity index (χ3n) is 5.08. The maximum absolute atomic E-state index is 12.4. The van der Waals surface area contributed by atoms with Crippen molar-refractivity contribution in [2.45, 2.75) is 44.9 Å². The van der Waals surface area contributed by atoms with E-state index < -0.39 is 5.97 Å². The molecule has 1 N–H and O–H groups in total. The van der Waals surface area contributed by atoms with Crippen LogP contribution in [-0.4, -0.2) is 24.3 Å². The van der Waals surface area contributed by atoms with E-state index >= 15 is 0 Å². The van der Waals surface area contributed by atoms with Crippen LogP contribution in [0.5, 0.6) is 0 Å². The lowest BCUT2D eigenvalue weighted by atomic mass is 10.00. The van der Waals surface area contributed by atoms with E-state index in [9.17, 15) is 14.4 Å². The predicted molar refractivity (Wildman–Crippen MR) is 104 cm³/mol. The summed E-state index contributed by atoms with van der Waals surface area (Å²) in [5.41, 5.74) is 3.25. The van der Waals surface area contributed by atoms with Crippen LogP contribution in [0.4, 0.5) is 5.69 Å². The molecule has 1 aliphatic heterocycles. The molecule has 2 aliphatic rings. The first kappa shape index (κ1) is 17.9. The maximum Gasteiger partial charge on any atom is 0.348 e. The largest absolute Gasteiger partial charge is 0.453 e. The number of carbonyl (C=O) groups excluding carboxylic acids is 3. The third kappa shape index (κ3) is 3.95. The zero-order chi connectivity index (χ0) is 18.8. The molecule has 5 nitrogen and oxygen atoms in total. The second-order valence-electron chi connectivity index (χ2n) is 7.07. The summed E-state index contributed by atoms with van der Waals surface area (Å²) in [7, 11) is 0. The van der Waals surface area contributed by atoms with Gasteiger partial charge < -0.3 is 10.1 Å². The fraction of sp³-hybridized carbons (Fsp3) is 0.381. The smallest absolute Gasteiger partial charge is 0.348 e. The van der Waals surface area contributed by atoms with Gasteiger partial charge in [0, 0.05) is 16.1 Å². The number of aryl methyl sites for hydroxylation is 2. The van der Waals surface area contributed by atoms with Crippen LogP contribution in [0.15, 0.2) is 24.3 Å². The lowest BCUT2D eigenvalue weighted by Crippen LogP contribution is -2.13. The van der Waals surface area contributed by atoms with Crippen molar-refractivity contribution in [1.82, 2.24) is 0 Å². The Morgan fingerprint density at radius 3 is 2.70 bits per heavy atom. The molecule has 0 saturated heterocycles. The van der Waals surface area contributed by atoms with Crippen molar-refractivity contribution < 1.29 is 19.1 Å². The first-order valence-electron chi connectivity index (χ1n) is 9.35. The van der Waals surface area contributed by atoms with Crippen molar-refractivity contribution in [3.63, 3.8) is 0 Å². The zero-order valence-electron chi connectivity index (χ0n) is 15.0. The summed E-state index contributed by atoms with van der Waals surface area (Å²) in [4.78, 5) is 38.0. The van der Waals surface area contributed by atoms with Crippen molar-refractivity contribution in [3.05, 3.63) is 50.7 Å². The molecule has 4 rings (SSSR count). The van der Waals surface area contributed by atoms with Gasteiger partial charge in [-0.1, -0.05) is 12.8 Å². The average Bonchev–Trinajstić information content (AvgIpc) is 3.20. The highest BCUT2D eigenvalue weighted by Gasteiger charge is 2.21. The number of esters is 1. The number of hydrogen-bond acceptors (Lipinski definition) is 5. The van der Waals surface area contributed by atoms with E-state index in [1.807, 2.05) is 6.07 Å². The molecular formula is C21H21NO4S. The standard InChI is InChI=1S/C21H21NO4S/c23-17(13-7-8-16-15(9-13)11-20(24)22-16)12-26-21(25)19-10-14-5-3-1-2-4-6-18(14)27-19/h7-10H,1-6,11-12H2,(H,22,24). The number of rotatable bonds is 4. The molecular weight excluding hydrogens is 362 g/mol. The number of fused-ring (bicyclic) bond motifs is 2. The van der Waals surface area contributed by atoms with E-state index in [4.69, 9.17) is 4.74 Å². The van der Waals surface area contributed by atoms with Crippen LogP contribution in [0.1, 0.15) is 61.7 Å². The molecule has 0 bridgehead atoms. The summed E-state index contributed by atoms with van der Waals surface area (Å²) in [6, 6.07) is 7.00. The van der Waals surface area contributed by atoms with Crippen LogP contribution in [0.2, 0.25) is 0 Å². The van der Waals surface area contributed by atoms with Crippen molar-refractivity contribution >= 4 is 34.7 Å². The number of anilines is 1. The number of ether oxygens (including phenoxy) is 1. The Hall–Kier alpha value is -2.47. The van der Waals surface area contributed by atoms with E-state index in [0.717, 1.165) is 36.9 Å². The fourth-order valence-electron chi connectivity index (χ4n) is 3.63. The normalized spacial score (nSPS) is 15.9. The van der Waals surface area contributed by atoms with E-state index in [-0.39, 0.29) is 24.7 Å². The minimum Gasteiger partial charge on any atom is -0.453 e. The lowest BCUT2D eigenvalue weighted by Gasteiger charge is -2.07. The maximum atomic E-state index is 12.4. The molecule has 27 heavy (non-hydrogen) atoms. The Kier molecular flexibility index (Phi) is 5.07. The molecule has 0 spiro atoms. The summed E-state index contributed by atoms with van der Waals surface area (Å²) >= 11 is 1.50. The summed E-state index contributed by atoms with van der Waals surface area (Å²) in [6.45, 7) is -0.290. The second kappa shape index (κ2) is 7.64. The first-order valence-corrected chi connectivity index (χ1v) is 10.2. The van der Waals surface area contributed by atoms with Crippen molar-refractivity contribution in [3.8, 4) is 0 Å². The molecule has 2 aromatic rings. The molecule has 6 heteroatoms. The zero-order valence-corrected chi connectivity index (χ0v) is 15.8. The van der Waals surface area contributed by atoms with E-state index in [0.29, 0.717) is 10.4 Å². The summed E-state index contributed by atoms with van der Waals surface area (Å²) in [6.07, 6.45) is 7.12. The van der Waals surface area contributed by atoms with E-state index in [2.05, 4.69) is 5.32 Å². The Morgan fingerprint density at radius 1 is 1.04 bits per heavy atom. The number of nitrogens with one attached hydrogen (secondary N) is 1. The SMILES string of the molecule is O=C1Cc2cc(C(=O)COC(=O)c3cc4c(s3)CCCCCC4)ccc2N1. The van der Waals surface area contributed by atoms with Gasteiger partial charge in [-0.15, -0.1) is 11.3 Å². The van der Waals surface area contributed by atoms with Gasteiger partial charge in [0.1, 0.15) is 4.88 Å². The van der Waals surface area contributed by atoms with Crippen molar-refractivity contribution in [2.24, 2.45) is 0 Å². The Bertz CT molecular complexity index is 889. The molecule has 0 atom stereocenters. The number of benzene rings is 1. The number of amides is 1. The Balaban J connectivity index is 1.39.